The third-order valence-electron chi connectivity index (χ3n) is 2.97. The second-order valence-electron chi connectivity index (χ2n) is 4.33. The predicted molar refractivity (Wildman–Crippen MR) is 72.6 cm³/mol. The Bertz CT molecular complexity index is 567. The van der Waals surface area contributed by atoms with Gasteiger partial charge in [0, 0.05) is 19.3 Å². The Morgan fingerprint density at radius 3 is 2.79 bits per heavy atom. The topological polar surface area (TPSA) is 75.2 Å². The van der Waals surface area contributed by atoms with Crippen molar-refractivity contribution >= 4 is 34.9 Å². The standard InChI is InChI=1S/C12H12N4O2S/c17-10-9(19-12(18)15-10)7-8-3-4-13-11(14-8)16-5-1-2-6-16/h3-4,7H,1-2,5-6H2,(H,15,17,18)/b9-7-. The van der Waals surface area contributed by atoms with E-state index in [1.807, 2.05) is 0 Å². The largest absolute Gasteiger partial charge is 0.341 e. The number of amides is 2. The summed E-state index contributed by atoms with van der Waals surface area (Å²) in [7, 11) is 0. The van der Waals surface area contributed by atoms with Crippen LogP contribution >= 0.6 is 11.8 Å². The Hall–Kier alpha value is -1.89. The molecular formula is C12H12N4O2S. The Morgan fingerprint density at radius 1 is 1.32 bits per heavy atom. The fraction of sp³-hybridized carbons (Fsp3) is 0.333. The summed E-state index contributed by atoms with van der Waals surface area (Å²) in [6.45, 7) is 1.93. The molecule has 0 bridgehead atoms. The number of rotatable bonds is 2. The summed E-state index contributed by atoms with van der Waals surface area (Å²) < 4.78 is 0. The zero-order valence-corrected chi connectivity index (χ0v) is 10.9. The third kappa shape index (κ3) is 2.60. The summed E-state index contributed by atoms with van der Waals surface area (Å²) in [5, 5.41) is 1.88. The SMILES string of the molecule is O=C1NC(=O)/C(=C/c2ccnc(N3CCCC3)n2)S1. The van der Waals surface area contributed by atoms with Gasteiger partial charge in [-0.2, -0.15) is 0 Å². The van der Waals surface area contributed by atoms with Gasteiger partial charge in [-0.15, -0.1) is 0 Å². The lowest BCUT2D eigenvalue weighted by atomic mass is 10.3. The molecule has 0 aromatic carbocycles. The van der Waals surface area contributed by atoms with Crippen LogP contribution in [0.5, 0.6) is 0 Å². The highest BCUT2D eigenvalue weighted by Crippen LogP contribution is 2.25. The van der Waals surface area contributed by atoms with Gasteiger partial charge in [0.15, 0.2) is 0 Å². The molecule has 3 heterocycles. The lowest BCUT2D eigenvalue weighted by Gasteiger charge is -2.14. The number of carbonyl (C=O) groups is 2. The highest BCUT2D eigenvalue weighted by molar-refractivity contribution is 8.18. The van der Waals surface area contributed by atoms with Gasteiger partial charge in [0.2, 0.25) is 5.95 Å². The van der Waals surface area contributed by atoms with Gasteiger partial charge in [-0.05, 0) is 36.7 Å². The number of nitrogens with zero attached hydrogens (tertiary/aromatic N) is 3. The summed E-state index contributed by atoms with van der Waals surface area (Å²) >= 11 is 0.894. The monoisotopic (exact) mass is 276 g/mol. The van der Waals surface area contributed by atoms with Crippen molar-refractivity contribution in [2.75, 3.05) is 18.0 Å². The van der Waals surface area contributed by atoms with Gasteiger partial charge in [-0.1, -0.05) is 0 Å². The van der Waals surface area contributed by atoms with Gasteiger partial charge in [0.05, 0.1) is 10.6 Å². The van der Waals surface area contributed by atoms with Crippen molar-refractivity contribution in [2.24, 2.45) is 0 Å². The van der Waals surface area contributed by atoms with Crippen LogP contribution in [0.1, 0.15) is 18.5 Å². The molecule has 1 aromatic rings. The maximum absolute atomic E-state index is 11.5. The molecule has 0 atom stereocenters. The molecule has 1 N–H and O–H groups in total. The molecule has 0 saturated carbocycles. The van der Waals surface area contributed by atoms with Gasteiger partial charge >= 0.3 is 0 Å². The quantitative estimate of drug-likeness (QED) is 0.823. The Kier molecular flexibility index (Phi) is 3.20. The number of aromatic nitrogens is 2. The van der Waals surface area contributed by atoms with Crippen LogP contribution in [0.4, 0.5) is 10.7 Å². The van der Waals surface area contributed by atoms with E-state index in [4.69, 9.17) is 0 Å². The van der Waals surface area contributed by atoms with E-state index in [1.54, 1.807) is 18.3 Å². The van der Waals surface area contributed by atoms with Crippen molar-refractivity contribution in [1.29, 1.82) is 0 Å². The van der Waals surface area contributed by atoms with Crippen molar-refractivity contribution < 1.29 is 9.59 Å². The number of hydrogen-bond donors (Lipinski definition) is 1. The smallest absolute Gasteiger partial charge is 0.290 e. The summed E-state index contributed by atoms with van der Waals surface area (Å²) in [5.74, 6) is 0.318. The minimum atomic E-state index is -0.365. The van der Waals surface area contributed by atoms with Gasteiger partial charge < -0.3 is 4.90 Å². The first-order chi connectivity index (χ1) is 9.22. The van der Waals surface area contributed by atoms with E-state index in [1.165, 1.54) is 0 Å². The normalized spacial score (nSPS) is 21.3. The van der Waals surface area contributed by atoms with Crippen LogP contribution in [0.2, 0.25) is 0 Å². The first-order valence-corrected chi connectivity index (χ1v) is 6.87. The molecule has 6 nitrogen and oxygen atoms in total. The van der Waals surface area contributed by atoms with Crippen LogP contribution in [-0.4, -0.2) is 34.2 Å². The van der Waals surface area contributed by atoms with Gasteiger partial charge in [-0.3, -0.25) is 14.9 Å². The van der Waals surface area contributed by atoms with Crippen LogP contribution in [0.25, 0.3) is 6.08 Å². The van der Waals surface area contributed by atoms with E-state index in [2.05, 4.69) is 20.2 Å². The molecule has 2 saturated heterocycles. The maximum Gasteiger partial charge on any atom is 0.290 e. The Balaban J connectivity index is 1.85. The molecule has 0 radical (unpaired) electrons. The molecule has 2 aliphatic rings. The third-order valence-corrected chi connectivity index (χ3v) is 3.78. The molecule has 0 unspecified atom stereocenters. The summed E-state index contributed by atoms with van der Waals surface area (Å²) in [5.41, 5.74) is 0.643. The molecule has 98 valence electrons. The van der Waals surface area contributed by atoms with E-state index in [9.17, 15) is 9.59 Å². The van der Waals surface area contributed by atoms with Crippen molar-refractivity contribution in [3.63, 3.8) is 0 Å². The minimum absolute atomic E-state index is 0.343. The number of imide groups is 1. The first-order valence-electron chi connectivity index (χ1n) is 6.05. The second kappa shape index (κ2) is 5.00. The number of nitrogens with one attached hydrogen (secondary N) is 1. The van der Waals surface area contributed by atoms with Crippen LogP contribution in [0.15, 0.2) is 17.2 Å². The van der Waals surface area contributed by atoms with E-state index in [0.717, 1.165) is 37.7 Å². The average Bonchev–Trinajstić information content (AvgIpc) is 3.01. The number of carbonyl (C=O) groups excluding carboxylic acids is 2. The van der Waals surface area contributed by atoms with Crippen LogP contribution in [0.3, 0.4) is 0 Å². The molecular weight excluding hydrogens is 264 g/mol. The zero-order chi connectivity index (χ0) is 13.2. The minimum Gasteiger partial charge on any atom is -0.341 e. The van der Waals surface area contributed by atoms with Crippen molar-refractivity contribution in [1.82, 2.24) is 15.3 Å². The maximum atomic E-state index is 11.5. The summed E-state index contributed by atoms with van der Waals surface area (Å²) in [6.07, 6.45) is 5.60. The van der Waals surface area contributed by atoms with Gasteiger partial charge in [0.1, 0.15) is 0 Å². The number of hydrogen-bond acceptors (Lipinski definition) is 6. The van der Waals surface area contributed by atoms with E-state index in [0.29, 0.717) is 16.5 Å². The van der Waals surface area contributed by atoms with Gasteiger partial charge in [-0.25, -0.2) is 9.97 Å². The Labute approximate surface area is 114 Å². The van der Waals surface area contributed by atoms with Crippen molar-refractivity contribution in [3.05, 3.63) is 22.9 Å². The molecule has 0 aliphatic carbocycles. The predicted octanol–water partition coefficient (Wildman–Crippen LogP) is 1.40. The molecule has 2 aliphatic heterocycles. The average molecular weight is 276 g/mol. The van der Waals surface area contributed by atoms with Crippen LogP contribution in [0, 0.1) is 0 Å². The fourth-order valence-electron chi connectivity index (χ4n) is 2.07. The molecule has 2 amide bonds. The molecule has 0 spiro atoms. The van der Waals surface area contributed by atoms with Crippen LogP contribution < -0.4 is 10.2 Å². The van der Waals surface area contributed by atoms with E-state index in [-0.39, 0.29) is 11.1 Å². The first kappa shape index (κ1) is 12.2. The summed E-state index contributed by atoms with van der Waals surface area (Å²) in [4.78, 5) is 33.7. The highest BCUT2D eigenvalue weighted by atomic mass is 32.2. The van der Waals surface area contributed by atoms with Crippen molar-refractivity contribution in [3.8, 4) is 0 Å². The molecule has 1 aromatic heterocycles. The molecule has 19 heavy (non-hydrogen) atoms. The Morgan fingerprint density at radius 2 is 2.11 bits per heavy atom. The van der Waals surface area contributed by atoms with Crippen LogP contribution in [-0.2, 0) is 4.79 Å². The summed E-state index contributed by atoms with van der Waals surface area (Å²) in [6, 6.07) is 1.73. The molecule has 2 fully saturated rings. The highest BCUT2D eigenvalue weighted by Gasteiger charge is 2.25. The second-order valence-corrected chi connectivity index (χ2v) is 5.34. The number of anilines is 1. The number of thioether (sulfide) groups is 1. The molecule has 3 rings (SSSR count). The van der Waals surface area contributed by atoms with E-state index >= 15 is 0 Å². The lowest BCUT2D eigenvalue weighted by molar-refractivity contribution is -0.115. The van der Waals surface area contributed by atoms with E-state index < -0.39 is 0 Å². The fourth-order valence-corrected chi connectivity index (χ4v) is 2.73. The van der Waals surface area contributed by atoms with Gasteiger partial charge in [0.25, 0.3) is 11.1 Å². The lowest BCUT2D eigenvalue weighted by Crippen LogP contribution is -2.20. The molecule has 7 heteroatoms. The zero-order valence-electron chi connectivity index (χ0n) is 10.1. The van der Waals surface area contributed by atoms with Crippen molar-refractivity contribution in [2.45, 2.75) is 12.8 Å².